The van der Waals surface area contributed by atoms with Crippen LogP contribution in [0.2, 0.25) is 0 Å². The normalized spacial score (nSPS) is 38.9. The molecular formula is C9H14O6. The minimum absolute atomic E-state index is 0.0297. The molecule has 0 amide bonds. The summed E-state index contributed by atoms with van der Waals surface area (Å²) in [5.41, 5.74) is 0. The number of carbonyl (C=O) groups excluding carboxylic acids is 1. The molecule has 1 rings (SSSR count). The highest BCUT2D eigenvalue weighted by atomic mass is 16.6. The average molecular weight is 218 g/mol. The summed E-state index contributed by atoms with van der Waals surface area (Å²) in [5.74, 6) is -0.246. The van der Waals surface area contributed by atoms with Crippen LogP contribution in [-0.2, 0) is 9.53 Å². The average Bonchev–Trinajstić information content (AvgIpc) is 2.18. The van der Waals surface area contributed by atoms with Gasteiger partial charge < -0.3 is 25.2 Å². The van der Waals surface area contributed by atoms with Crippen LogP contribution in [0.1, 0.15) is 13.3 Å². The first-order valence-electron chi connectivity index (χ1n) is 4.52. The van der Waals surface area contributed by atoms with Crippen molar-refractivity contribution in [3.05, 3.63) is 11.8 Å². The molecule has 1 saturated heterocycles. The molecule has 2 unspecified atom stereocenters. The van der Waals surface area contributed by atoms with Gasteiger partial charge in [0, 0.05) is 6.42 Å². The van der Waals surface area contributed by atoms with Gasteiger partial charge in [0.2, 0.25) is 6.29 Å². The minimum Gasteiger partial charge on any atom is -0.464 e. The standard InChI is InChI=1S/C9H14O6/c1-4(10)2-3-5-6(11)7(12)8(13)9(14)15-5/h3,6-9,11-14H,2H2,1H3/b5-3+/t6-,7?,8?,9+/m1/s1. The summed E-state index contributed by atoms with van der Waals surface area (Å²) in [7, 11) is 0. The predicted octanol–water partition coefficient (Wildman–Crippen LogP) is -1.72. The Hall–Kier alpha value is -0.950. The first-order chi connectivity index (χ1) is 6.93. The van der Waals surface area contributed by atoms with Crippen LogP contribution < -0.4 is 0 Å². The fraction of sp³-hybridized carbons (Fsp3) is 0.667. The van der Waals surface area contributed by atoms with Crippen molar-refractivity contribution in [2.75, 3.05) is 0 Å². The second-order valence-corrected chi connectivity index (χ2v) is 3.45. The summed E-state index contributed by atoms with van der Waals surface area (Å²) in [4.78, 5) is 10.7. The summed E-state index contributed by atoms with van der Waals surface area (Å²) < 4.78 is 4.74. The van der Waals surface area contributed by atoms with Crippen molar-refractivity contribution in [1.29, 1.82) is 0 Å². The molecule has 6 heteroatoms. The summed E-state index contributed by atoms with van der Waals surface area (Å²) in [6.07, 6.45) is -4.81. The van der Waals surface area contributed by atoms with Crippen LogP contribution in [0.25, 0.3) is 0 Å². The molecule has 0 radical (unpaired) electrons. The van der Waals surface area contributed by atoms with E-state index < -0.39 is 24.6 Å². The highest BCUT2D eigenvalue weighted by Gasteiger charge is 2.40. The number of aliphatic hydroxyl groups excluding tert-OH is 4. The van der Waals surface area contributed by atoms with E-state index in [0.717, 1.165) is 0 Å². The molecule has 0 aromatic rings. The lowest BCUT2D eigenvalue weighted by molar-refractivity contribution is -0.224. The van der Waals surface area contributed by atoms with E-state index in [2.05, 4.69) is 0 Å². The zero-order chi connectivity index (χ0) is 11.6. The topological polar surface area (TPSA) is 107 Å². The van der Waals surface area contributed by atoms with Gasteiger partial charge in [-0.25, -0.2) is 0 Å². The predicted molar refractivity (Wildman–Crippen MR) is 48.5 cm³/mol. The molecule has 0 bridgehead atoms. The first kappa shape index (κ1) is 12.1. The lowest BCUT2D eigenvalue weighted by Crippen LogP contribution is -2.51. The zero-order valence-corrected chi connectivity index (χ0v) is 8.20. The SMILES string of the molecule is CC(=O)C/C=C1/O[C@H](O)C(O)C(O)[C@@H]1O. The van der Waals surface area contributed by atoms with Gasteiger partial charge in [0.05, 0.1) is 0 Å². The van der Waals surface area contributed by atoms with Crippen molar-refractivity contribution in [3.8, 4) is 0 Å². The highest BCUT2D eigenvalue weighted by molar-refractivity contribution is 5.77. The number of hydrogen-bond acceptors (Lipinski definition) is 6. The van der Waals surface area contributed by atoms with Crippen molar-refractivity contribution in [2.45, 2.75) is 37.9 Å². The van der Waals surface area contributed by atoms with Gasteiger partial charge in [0.15, 0.2) is 0 Å². The Morgan fingerprint density at radius 3 is 2.47 bits per heavy atom. The lowest BCUT2D eigenvalue weighted by Gasteiger charge is -2.34. The maximum Gasteiger partial charge on any atom is 0.226 e. The third-order valence-electron chi connectivity index (χ3n) is 2.10. The van der Waals surface area contributed by atoms with Gasteiger partial charge >= 0.3 is 0 Å². The van der Waals surface area contributed by atoms with Crippen LogP contribution in [0.4, 0.5) is 0 Å². The number of carbonyl (C=O) groups is 1. The summed E-state index contributed by atoms with van der Waals surface area (Å²) in [5, 5.41) is 37.0. The number of allylic oxidation sites excluding steroid dienone is 1. The first-order valence-corrected chi connectivity index (χ1v) is 4.52. The van der Waals surface area contributed by atoms with Crippen LogP contribution in [0.5, 0.6) is 0 Å². The van der Waals surface area contributed by atoms with Crippen molar-refractivity contribution < 1.29 is 30.0 Å². The van der Waals surface area contributed by atoms with Gasteiger partial charge in [-0.2, -0.15) is 0 Å². The smallest absolute Gasteiger partial charge is 0.226 e. The van der Waals surface area contributed by atoms with E-state index in [-0.39, 0.29) is 18.0 Å². The van der Waals surface area contributed by atoms with Crippen LogP contribution in [0.15, 0.2) is 11.8 Å². The Morgan fingerprint density at radius 2 is 1.93 bits per heavy atom. The fourth-order valence-electron chi connectivity index (χ4n) is 1.22. The van der Waals surface area contributed by atoms with E-state index in [1.165, 1.54) is 13.0 Å². The van der Waals surface area contributed by atoms with Crippen molar-refractivity contribution in [3.63, 3.8) is 0 Å². The second-order valence-electron chi connectivity index (χ2n) is 3.45. The van der Waals surface area contributed by atoms with Crippen LogP contribution >= 0.6 is 0 Å². The van der Waals surface area contributed by atoms with Crippen molar-refractivity contribution in [1.82, 2.24) is 0 Å². The van der Waals surface area contributed by atoms with Gasteiger partial charge in [0.1, 0.15) is 29.9 Å². The van der Waals surface area contributed by atoms with Crippen LogP contribution in [-0.4, -0.2) is 50.8 Å². The number of ether oxygens (including phenoxy) is 1. The van der Waals surface area contributed by atoms with E-state index in [1.807, 2.05) is 0 Å². The minimum atomic E-state index is -1.60. The number of ketones is 1. The van der Waals surface area contributed by atoms with E-state index in [1.54, 1.807) is 0 Å². The maximum absolute atomic E-state index is 10.7. The molecule has 0 aliphatic carbocycles. The molecule has 4 N–H and O–H groups in total. The van der Waals surface area contributed by atoms with Gasteiger partial charge in [-0.15, -0.1) is 0 Å². The van der Waals surface area contributed by atoms with Crippen molar-refractivity contribution in [2.24, 2.45) is 0 Å². The van der Waals surface area contributed by atoms with E-state index in [0.29, 0.717) is 0 Å². The molecule has 86 valence electrons. The summed E-state index contributed by atoms with van der Waals surface area (Å²) in [6.45, 7) is 1.36. The van der Waals surface area contributed by atoms with Gasteiger partial charge in [-0.1, -0.05) is 0 Å². The summed E-state index contributed by atoms with van der Waals surface area (Å²) >= 11 is 0. The number of Topliss-reactive ketones (excluding diaryl/α,β-unsaturated/α-hetero) is 1. The highest BCUT2D eigenvalue weighted by Crippen LogP contribution is 2.22. The molecule has 1 heterocycles. The third kappa shape index (κ3) is 2.75. The molecule has 0 aromatic carbocycles. The molecule has 1 aliphatic rings. The van der Waals surface area contributed by atoms with E-state index in [9.17, 15) is 15.0 Å². The molecule has 1 fully saturated rings. The number of rotatable bonds is 2. The monoisotopic (exact) mass is 218 g/mol. The largest absolute Gasteiger partial charge is 0.464 e. The molecule has 0 aromatic heterocycles. The zero-order valence-electron chi connectivity index (χ0n) is 8.20. The van der Waals surface area contributed by atoms with Gasteiger partial charge in [-0.3, -0.25) is 4.79 Å². The van der Waals surface area contributed by atoms with E-state index in [4.69, 9.17) is 14.9 Å². The molecule has 15 heavy (non-hydrogen) atoms. The molecule has 1 aliphatic heterocycles. The van der Waals surface area contributed by atoms with Gasteiger partial charge in [-0.05, 0) is 13.0 Å². The molecule has 4 atom stereocenters. The molecule has 0 spiro atoms. The fourth-order valence-corrected chi connectivity index (χ4v) is 1.22. The third-order valence-corrected chi connectivity index (χ3v) is 2.10. The quantitative estimate of drug-likeness (QED) is 0.439. The molecule has 0 saturated carbocycles. The Labute approximate surface area is 86.4 Å². The number of hydrogen-bond donors (Lipinski definition) is 4. The lowest BCUT2D eigenvalue weighted by atomic mass is 10.0. The second kappa shape index (κ2) is 4.71. The molecule has 6 nitrogen and oxygen atoms in total. The van der Waals surface area contributed by atoms with Crippen LogP contribution in [0.3, 0.4) is 0 Å². The van der Waals surface area contributed by atoms with Crippen LogP contribution in [0, 0.1) is 0 Å². The number of aliphatic hydroxyl groups is 4. The Bertz CT molecular complexity index is 274. The summed E-state index contributed by atoms with van der Waals surface area (Å²) in [6, 6.07) is 0. The maximum atomic E-state index is 10.7. The van der Waals surface area contributed by atoms with Crippen molar-refractivity contribution >= 4 is 5.78 Å². The molecular weight excluding hydrogens is 204 g/mol. The van der Waals surface area contributed by atoms with Gasteiger partial charge in [0.25, 0.3) is 0 Å². The Balaban J connectivity index is 2.74. The Morgan fingerprint density at radius 1 is 1.33 bits per heavy atom. The van der Waals surface area contributed by atoms with E-state index >= 15 is 0 Å². The Kier molecular flexibility index (Phi) is 3.81.